The van der Waals surface area contributed by atoms with Crippen LogP contribution in [0.25, 0.3) is 10.2 Å². The van der Waals surface area contributed by atoms with Crippen LogP contribution in [0.1, 0.15) is 10.4 Å². The van der Waals surface area contributed by atoms with E-state index in [1.165, 1.54) is 23.5 Å². The number of halogens is 2. The number of nitrogens with one attached hydrogen (secondary N) is 1. The minimum Gasteiger partial charge on any atom is -0.396 e. The molecule has 3 aromatic rings. The van der Waals surface area contributed by atoms with Crippen LogP contribution in [0.5, 0.6) is 0 Å². The predicted molar refractivity (Wildman–Crippen MR) is 88.4 cm³/mol. The Kier molecular flexibility index (Phi) is 3.71. The fraction of sp³-hybridized carbons (Fsp3) is 0. The average Bonchev–Trinajstić information content (AvgIpc) is 2.86. The summed E-state index contributed by atoms with van der Waals surface area (Å²) >= 11 is 13.3. The summed E-state index contributed by atoms with van der Waals surface area (Å²) in [6.45, 7) is 0. The van der Waals surface area contributed by atoms with Crippen LogP contribution >= 0.6 is 34.5 Å². The van der Waals surface area contributed by atoms with Crippen LogP contribution in [0.15, 0.2) is 36.4 Å². The first-order chi connectivity index (χ1) is 10.0. The molecule has 106 valence electrons. The van der Waals surface area contributed by atoms with Gasteiger partial charge in [0.05, 0.1) is 25.9 Å². The number of carbonyl (C=O) groups excluding carboxylic acids is 1. The number of anilines is 2. The quantitative estimate of drug-likeness (QED) is 0.679. The van der Waals surface area contributed by atoms with Crippen molar-refractivity contribution in [3.05, 3.63) is 52.0 Å². The highest BCUT2D eigenvalue weighted by molar-refractivity contribution is 7.22. The molecule has 0 spiro atoms. The van der Waals surface area contributed by atoms with Crippen molar-refractivity contribution in [2.24, 2.45) is 0 Å². The van der Waals surface area contributed by atoms with Crippen molar-refractivity contribution in [1.82, 2.24) is 4.98 Å². The van der Waals surface area contributed by atoms with Gasteiger partial charge in [0.25, 0.3) is 5.91 Å². The zero-order chi connectivity index (χ0) is 15.0. The number of amides is 1. The fourth-order valence-corrected chi connectivity index (χ4v) is 3.16. The third-order valence-corrected chi connectivity index (χ3v) is 4.43. The van der Waals surface area contributed by atoms with Crippen molar-refractivity contribution in [1.29, 1.82) is 0 Å². The van der Waals surface area contributed by atoms with Crippen LogP contribution in [-0.2, 0) is 0 Å². The van der Waals surface area contributed by atoms with Crippen LogP contribution in [0, 0.1) is 0 Å². The van der Waals surface area contributed by atoms with Crippen molar-refractivity contribution in [2.75, 3.05) is 11.1 Å². The Labute approximate surface area is 134 Å². The largest absolute Gasteiger partial charge is 0.396 e. The number of aromatic nitrogens is 1. The van der Waals surface area contributed by atoms with Gasteiger partial charge in [-0.25, -0.2) is 4.98 Å². The second-order valence-corrected chi connectivity index (χ2v) is 6.14. The van der Waals surface area contributed by atoms with Gasteiger partial charge in [0.1, 0.15) is 0 Å². The Morgan fingerprint density at radius 2 is 1.86 bits per heavy atom. The number of nitrogens with two attached hydrogens (primary N) is 1. The third-order valence-electron chi connectivity index (χ3n) is 2.86. The minimum absolute atomic E-state index is 0.247. The van der Waals surface area contributed by atoms with Crippen molar-refractivity contribution < 1.29 is 4.79 Å². The molecular weight excluding hydrogens is 329 g/mol. The first-order valence-corrected chi connectivity index (χ1v) is 7.53. The van der Waals surface area contributed by atoms with Gasteiger partial charge in [-0.1, -0.05) is 46.7 Å². The molecule has 0 saturated heterocycles. The lowest BCUT2D eigenvalue weighted by molar-refractivity contribution is 0.102. The van der Waals surface area contributed by atoms with E-state index in [1.54, 1.807) is 0 Å². The highest BCUT2D eigenvalue weighted by atomic mass is 35.5. The number of hydrogen-bond donors (Lipinski definition) is 2. The van der Waals surface area contributed by atoms with E-state index in [2.05, 4.69) is 10.3 Å². The van der Waals surface area contributed by atoms with E-state index < -0.39 is 0 Å². The topological polar surface area (TPSA) is 68.0 Å². The zero-order valence-corrected chi connectivity index (χ0v) is 12.9. The van der Waals surface area contributed by atoms with Gasteiger partial charge in [0.2, 0.25) is 0 Å². The molecule has 21 heavy (non-hydrogen) atoms. The maximum absolute atomic E-state index is 12.2. The second kappa shape index (κ2) is 5.52. The molecule has 0 radical (unpaired) electrons. The molecule has 1 heterocycles. The highest BCUT2D eigenvalue weighted by Gasteiger charge is 2.13. The maximum Gasteiger partial charge on any atom is 0.257 e. The van der Waals surface area contributed by atoms with Gasteiger partial charge in [-0.05, 0) is 24.3 Å². The lowest BCUT2D eigenvalue weighted by Crippen LogP contribution is -2.12. The second-order valence-electron chi connectivity index (χ2n) is 4.29. The van der Waals surface area contributed by atoms with Crippen LogP contribution < -0.4 is 11.1 Å². The molecular formula is C14H9Cl2N3OS. The summed E-state index contributed by atoms with van der Waals surface area (Å²) in [6.07, 6.45) is 0. The number of nitrogens with zero attached hydrogens (tertiary/aromatic N) is 1. The molecule has 1 amide bonds. The fourth-order valence-electron chi connectivity index (χ4n) is 1.81. The number of hydrogen-bond acceptors (Lipinski definition) is 4. The van der Waals surface area contributed by atoms with E-state index in [1.807, 2.05) is 24.3 Å². The van der Waals surface area contributed by atoms with Gasteiger partial charge >= 0.3 is 0 Å². The predicted octanol–water partition coefficient (Wildman–Crippen LogP) is 4.44. The molecule has 0 aliphatic heterocycles. The van der Waals surface area contributed by atoms with E-state index in [0.29, 0.717) is 10.7 Å². The molecule has 1 aromatic heterocycles. The average molecular weight is 338 g/mol. The Morgan fingerprint density at radius 1 is 1.19 bits per heavy atom. The Hall–Kier alpha value is -1.82. The lowest BCUT2D eigenvalue weighted by Gasteiger charge is -2.06. The monoisotopic (exact) mass is 337 g/mol. The summed E-state index contributed by atoms with van der Waals surface area (Å²) < 4.78 is 1.00. The number of nitrogen functional groups attached to an aromatic ring is 1. The summed E-state index contributed by atoms with van der Waals surface area (Å²) in [5.41, 5.74) is 7.08. The van der Waals surface area contributed by atoms with Crippen molar-refractivity contribution >= 4 is 61.5 Å². The number of thiazole rings is 1. The summed E-state index contributed by atoms with van der Waals surface area (Å²) in [7, 11) is 0. The van der Waals surface area contributed by atoms with E-state index >= 15 is 0 Å². The van der Waals surface area contributed by atoms with Gasteiger partial charge in [-0.15, -0.1) is 0 Å². The summed E-state index contributed by atoms with van der Waals surface area (Å²) in [5, 5.41) is 3.75. The zero-order valence-electron chi connectivity index (χ0n) is 10.6. The van der Waals surface area contributed by atoms with Gasteiger partial charge in [-0.2, -0.15) is 0 Å². The molecule has 0 bridgehead atoms. The Bertz CT molecular complexity index is 791. The Balaban J connectivity index is 1.89. The van der Waals surface area contributed by atoms with E-state index in [4.69, 9.17) is 28.9 Å². The van der Waals surface area contributed by atoms with Crippen LogP contribution in [0.2, 0.25) is 10.0 Å². The number of rotatable bonds is 2. The summed E-state index contributed by atoms with van der Waals surface area (Å²) in [4.78, 5) is 16.5. The van der Waals surface area contributed by atoms with Gasteiger partial charge in [0.15, 0.2) is 5.13 Å². The first kappa shape index (κ1) is 14.1. The molecule has 3 rings (SSSR count). The van der Waals surface area contributed by atoms with Crippen molar-refractivity contribution in [2.45, 2.75) is 0 Å². The van der Waals surface area contributed by atoms with Gasteiger partial charge in [-0.3, -0.25) is 10.1 Å². The van der Waals surface area contributed by atoms with Crippen molar-refractivity contribution in [3.8, 4) is 0 Å². The number of para-hydroxylation sites is 1. The van der Waals surface area contributed by atoms with Gasteiger partial charge < -0.3 is 5.73 Å². The summed E-state index contributed by atoms with van der Waals surface area (Å²) in [5.74, 6) is -0.335. The molecule has 0 fully saturated rings. The highest BCUT2D eigenvalue weighted by Crippen LogP contribution is 2.30. The summed E-state index contributed by atoms with van der Waals surface area (Å²) in [6, 6.07) is 10.6. The molecule has 0 atom stereocenters. The normalized spacial score (nSPS) is 10.8. The van der Waals surface area contributed by atoms with E-state index in [0.717, 1.165) is 10.2 Å². The Morgan fingerprint density at radius 3 is 2.52 bits per heavy atom. The molecule has 0 unspecified atom stereocenters. The van der Waals surface area contributed by atoms with E-state index in [9.17, 15) is 4.79 Å². The molecule has 0 saturated carbocycles. The van der Waals surface area contributed by atoms with Crippen LogP contribution in [0.3, 0.4) is 0 Å². The third kappa shape index (κ3) is 2.81. The molecule has 3 N–H and O–H groups in total. The van der Waals surface area contributed by atoms with E-state index in [-0.39, 0.29) is 21.6 Å². The van der Waals surface area contributed by atoms with Crippen LogP contribution in [-0.4, -0.2) is 10.9 Å². The maximum atomic E-state index is 12.2. The number of benzene rings is 2. The molecule has 2 aromatic carbocycles. The van der Waals surface area contributed by atoms with Crippen LogP contribution in [0.4, 0.5) is 10.8 Å². The lowest BCUT2D eigenvalue weighted by atomic mass is 10.2. The first-order valence-electron chi connectivity index (χ1n) is 5.96. The standard InChI is InChI=1S/C14H9Cl2N3OS/c15-8-5-7(6-9(16)12(8)17)13(20)19-14-18-10-3-1-2-4-11(10)21-14/h1-6H,17H2,(H,18,19,20). The molecule has 0 aliphatic rings. The smallest absolute Gasteiger partial charge is 0.257 e. The van der Waals surface area contributed by atoms with Gasteiger partial charge in [0, 0.05) is 5.56 Å². The number of carbonyl (C=O) groups is 1. The molecule has 4 nitrogen and oxygen atoms in total. The minimum atomic E-state index is -0.335. The molecule has 7 heteroatoms. The SMILES string of the molecule is Nc1c(Cl)cc(C(=O)Nc2nc3ccccc3s2)cc1Cl. The van der Waals surface area contributed by atoms with Crippen molar-refractivity contribution in [3.63, 3.8) is 0 Å². The number of fused-ring (bicyclic) bond motifs is 1. The molecule has 0 aliphatic carbocycles.